The first kappa shape index (κ1) is 13.5. The summed E-state index contributed by atoms with van der Waals surface area (Å²) in [4.78, 5) is 27.3. The number of nitrogens with two attached hydrogens (primary N) is 1. The second-order valence-electron chi connectivity index (χ2n) is 4.78. The number of H-pyrrole nitrogens is 1. The van der Waals surface area contributed by atoms with E-state index in [1.165, 1.54) is 0 Å². The average Bonchev–Trinajstić information content (AvgIpc) is 2.74. The lowest BCUT2D eigenvalue weighted by atomic mass is 10.1. The number of halogens is 1. The SMILES string of the molecule is Cc1cc2[nH]c(=O)n(C(=O)c3ccccc3Cl)c2cc1N. The van der Waals surface area contributed by atoms with Crippen LogP contribution in [0.2, 0.25) is 5.02 Å². The summed E-state index contributed by atoms with van der Waals surface area (Å²) >= 11 is 6.02. The summed E-state index contributed by atoms with van der Waals surface area (Å²) in [7, 11) is 0. The molecule has 0 unspecified atom stereocenters. The number of hydrogen-bond donors (Lipinski definition) is 2. The van der Waals surface area contributed by atoms with Crippen LogP contribution in [0.3, 0.4) is 0 Å². The van der Waals surface area contributed by atoms with Crippen LogP contribution in [0.15, 0.2) is 41.2 Å². The second kappa shape index (κ2) is 4.79. The van der Waals surface area contributed by atoms with Gasteiger partial charge in [0.15, 0.2) is 0 Å². The lowest BCUT2D eigenvalue weighted by molar-refractivity contribution is 0.0961. The molecule has 0 bridgehead atoms. The zero-order valence-electron chi connectivity index (χ0n) is 11.2. The van der Waals surface area contributed by atoms with Gasteiger partial charge in [-0.2, -0.15) is 0 Å². The Hall–Kier alpha value is -2.53. The molecule has 0 aliphatic heterocycles. The van der Waals surface area contributed by atoms with Gasteiger partial charge < -0.3 is 10.7 Å². The van der Waals surface area contributed by atoms with Gasteiger partial charge in [0, 0.05) is 5.69 Å². The summed E-state index contributed by atoms with van der Waals surface area (Å²) in [5, 5.41) is 0.295. The predicted molar refractivity (Wildman–Crippen MR) is 82.9 cm³/mol. The highest BCUT2D eigenvalue weighted by molar-refractivity contribution is 6.34. The number of nitrogens with one attached hydrogen (secondary N) is 1. The molecule has 0 atom stereocenters. The Morgan fingerprint density at radius 2 is 2.00 bits per heavy atom. The number of carbonyl (C=O) groups excluding carboxylic acids is 1. The maximum absolute atomic E-state index is 12.6. The third kappa shape index (κ3) is 2.11. The molecule has 0 aliphatic rings. The van der Waals surface area contributed by atoms with Gasteiger partial charge in [-0.1, -0.05) is 23.7 Å². The van der Waals surface area contributed by atoms with E-state index in [-0.39, 0.29) is 5.56 Å². The van der Waals surface area contributed by atoms with Crippen molar-refractivity contribution >= 4 is 34.2 Å². The quantitative estimate of drug-likeness (QED) is 0.678. The molecule has 0 fully saturated rings. The molecule has 1 heterocycles. The van der Waals surface area contributed by atoms with E-state index in [0.717, 1.165) is 10.1 Å². The molecule has 21 heavy (non-hydrogen) atoms. The van der Waals surface area contributed by atoms with Crippen LogP contribution in [0, 0.1) is 6.92 Å². The maximum atomic E-state index is 12.6. The van der Waals surface area contributed by atoms with E-state index in [0.29, 0.717) is 21.7 Å². The fraction of sp³-hybridized carbons (Fsp3) is 0.0667. The van der Waals surface area contributed by atoms with Crippen molar-refractivity contribution in [3.05, 3.63) is 63.0 Å². The summed E-state index contributed by atoms with van der Waals surface area (Å²) in [5.74, 6) is -0.486. The van der Waals surface area contributed by atoms with Gasteiger partial charge in [-0.3, -0.25) is 4.79 Å². The fourth-order valence-electron chi connectivity index (χ4n) is 2.24. The fourth-order valence-corrected chi connectivity index (χ4v) is 2.45. The standard InChI is InChI=1S/C15H12ClN3O2/c1-8-6-12-13(7-11(8)17)19(15(21)18-12)14(20)9-4-2-3-5-10(9)16/h2-7H,17H2,1H3,(H,18,21). The molecule has 0 amide bonds. The lowest BCUT2D eigenvalue weighted by Crippen LogP contribution is -2.25. The number of aromatic amines is 1. The number of hydrogen-bond acceptors (Lipinski definition) is 3. The molecular weight excluding hydrogens is 290 g/mol. The molecular formula is C15H12ClN3O2. The first-order valence-corrected chi connectivity index (χ1v) is 6.67. The maximum Gasteiger partial charge on any atom is 0.333 e. The number of nitrogen functional groups attached to an aromatic ring is 1. The molecule has 0 saturated heterocycles. The van der Waals surface area contributed by atoms with Gasteiger partial charge in [0.05, 0.1) is 21.6 Å². The van der Waals surface area contributed by atoms with Gasteiger partial charge >= 0.3 is 5.69 Å². The predicted octanol–water partition coefficient (Wildman–Crippen LogP) is 2.56. The number of benzene rings is 2. The topological polar surface area (TPSA) is 80.9 Å². The second-order valence-corrected chi connectivity index (χ2v) is 5.18. The zero-order valence-corrected chi connectivity index (χ0v) is 11.9. The Labute approximate surface area is 125 Å². The Bertz CT molecular complexity index is 924. The van der Waals surface area contributed by atoms with Gasteiger partial charge in [-0.25, -0.2) is 9.36 Å². The molecule has 106 valence electrons. The molecule has 3 rings (SSSR count). The summed E-state index contributed by atoms with van der Waals surface area (Å²) in [6.07, 6.45) is 0. The molecule has 0 saturated carbocycles. The van der Waals surface area contributed by atoms with Crippen LogP contribution < -0.4 is 11.4 Å². The molecule has 1 aromatic heterocycles. The van der Waals surface area contributed by atoms with Crippen molar-refractivity contribution in [1.29, 1.82) is 0 Å². The largest absolute Gasteiger partial charge is 0.398 e. The summed E-state index contributed by atoms with van der Waals surface area (Å²) in [5.41, 5.74) is 7.97. The van der Waals surface area contributed by atoms with Crippen molar-refractivity contribution in [1.82, 2.24) is 9.55 Å². The molecule has 2 aromatic carbocycles. The summed E-state index contributed by atoms with van der Waals surface area (Å²) in [6, 6.07) is 9.94. The monoisotopic (exact) mass is 301 g/mol. The van der Waals surface area contributed by atoms with Crippen LogP contribution in [0.5, 0.6) is 0 Å². The number of rotatable bonds is 1. The van der Waals surface area contributed by atoms with Gasteiger partial charge in [0.2, 0.25) is 0 Å². The summed E-state index contributed by atoms with van der Waals surface area (Å²) < 4.78 is 1.05. The van der Waals surface area contributed by atoms with E-state index in [2.05, 4.69) is 4.98 Å². The van der Waals surface area contributed by atoms with Crippen molar-refractivity contribution < 1.29 is 4.79 Å². The van der Waals surface area contributed by atoms with Crippen LogP contribution in [0.1, 0.15) is 15.9 Å². The van der Waals surface area contributed by atoms with Crippen molar-refractivity contribution in [2.75, 3.05) is 5.73 Å². The average molecular weight is 302 g/mol. The van der Waals surface area contributed by atoms with Gasteiger partial charge in [0.25, 0.3) is 5.91 Å². The van der Waals surface area contributed by atoms with E-state index < -0.39 is 11.6 Å². The van der Waals surface area contributed by atoms with E-state index in [1.54, 1.807) is 36.4 Å². The Morgan fingerprint density at radius 3 is 2.71 bits per heavy atom. The normalized spacial score (nSPS) is 11.0. The number of imidazole rings is 1. The minimum Gasteiger partial charge on any atom is -0.398 e. The first-order chi connectivity index (χ1) is 9.99. The highest BCUT2D eigenvalue weighted by Gasteiger charge is 2.18. The number of carbonyl (C=O) groups is 1. The Balaban J connectivity index is 2.28. The third-order valence-corrected chi connectivity index (χ3v) is 3.71. The number of anilines is 1. The highest BCUT2D eigenvalue weighted by Crippen LogP contribution is 2.21. The Kier molecular flexibility index (Phi) is 3.07. The first-order valence-electron chi connectivity index (χ1n) is 6.29. The Morgan fingerprint density at radius 1 is 1.29 bits per heavy atom. The van der Waals surface area contributed by atoms with Crippen LogP contribution >= 0.6 is 11.6 Å². The van der Waals surface area contributed by atoms with Crippen LogP contribution in [0.4, 0.5) is 5.69 Å². The molecule has 5 nitrogen and oxygen atoms in total. The smallest absolute Gasteiger partial charge is 0.333 e. The van der Waals surface area contributed by atoms with Crippen molar-refractivity contribution in [3.63, 3.8) is 0 Å². The van der Waals surface area contributed by atoms with Gasteiger partial charge in [0.1, 0.15) is 0 Å². The van der Waals surface area contributed by atoms with Gasteiger partial charge in [-0.05, 0) is 36.8 Å². The molecule has 0 spiro atoms. The van der Waals surface area contributed by atoms with Gasteiger partial charge in [-0.15, -0.1) is 0 Å². The van der Waals surface area contributed by atoms with Crippen LogP contribution in [-0.2, 0) is 0 Å². The number of aryl methyl sites for hydroxylation is 1. The highest BCUT2D eigenvalue weighted by atomic mass is 35.5. The van der Waals surface area contributed by atoms with Crippen molar-refractivity contribution in [2.24, 2.45) is 0 Å². The minimum atomic E-state index is -0.514. The van der Waals surface area contributed by atoms with E-state index in [4.69, 9.17) is 17.3 Å². The number of nitrogens with zero attached hydrogens (tertiary/aromatic N) is 1. The molecule has 3 aromatic rings. The number of fused-ring (bicyclic) bond motifs is 1. The molecule has 0 aliphatic carbocycles. The van der Waals surface area contributed by atoms with Crippen LogP contribution in [-0.4, -0.2) is 15.5 Å². The summed E-state index contributed by atoms with van der Waals surface area (Å²) in [6.45, 7) is 1.83. The molecule has 3 N–H and O–H groups in total. The lowest BCUT2D eigenvalue weighted by Gasteiger charge is -2.05. The zero-order chi connectivity index (χ0) is 15.1. The molecule has 0 radical (unpaired) electrons. The van der Waals surface area contributed by atoms with E-state index >= 15 is 0 Å². The van der Waals surface area contributed by atoms with Crippen LogP contribution in [0.25, 0.3) is 11.0 Å². The van der Waals surface area contributed by atoms with Crippen molar-refractivity contribution in [2.45, 2.75) is 6.92 Å². The van der Waals surface area contributed by atoms with E-state index in [1.807, 2.05) is 6.92 Å². The third-order valence-electron chi connectivity index (χ3n) is 3.38. The molecule has 6 heteroatoms. The minimum absolute atomic E-state index is 0.265. The number of aromatic nitrogens is 2. The van der Waals surface area contributed by atoms with Crippen molar-refractivity contribution in [3.8, 4) is 0 Å². The van der Waals surface area contributed by atoms with E-state index in [9.17, 15) is 9.59 Å².